The van der Waals surface area contributed by atoms with E-state index in [0.29, 0.717) is 18.9 Å². The lowest BCUT2D eigenvalue weighted by Gasteiger charge is -2.10. The minimum Gasteiger partial charge on any atom is -0.370 e. The number of aromatic nitrogens is 2. The average Bonchev–Trinajstić information content (AvgIpc) is 2.63. The highest BCUT2D eigenvalue weighted by Crippen LogP contribution is 2.14. The Bertz CT molecular complexity index is 851. The minimum absolute atomic E-state index is 0.218. The summed E-state index contributed by atoms with van der Waals surface area (Å²) in [6, 6.07) is 16.1. The van der Waals surface area contributed by atoms with Crippen molar-refractivity contribution in [2.45, 2.75) is 19.9 Å². The van der Waals surface area contributed by atoms with Crippen LogP contribution in [0.3, 0.4) is 0 Å². The third-order valence-corrected chi connectivity index (χ3v) is 4.11. The van der Waals surface area contributed by atoms with Crippen molar-refractivity contribution in [2.24, 2.45) is 0 Å². The quantitative estimate of drug-likeness (QED) is 0.624. The van der Waals surface area contributed by atoms with Crippen molar-refractivity contribution in [3.8, 4) is 0 Å². The lowest BCUT2D eigenvalue weighted by molar-refractivity contribution is 0.627. The van der Waals surface area contributed by atoms with Gasteiger partial charge in [-0.2, -0.15) is 0 Å². The first-order valence-electron chi connectivity index (χ1n) is 8.41. The summed E-state index contributed by atoms with van der Waals surface area (Å²) in [5.74, 6) is 2.00. The van der Waals surface area contributed by atoms with Crippen LogP contribution in [0.25, 0.3) is 0 Å². The first-order valence-corrected chi connectivity index (χ1v) is 8.78. The molecule has 134 valence electrons. The Labute approximate surface area is 157 Å². The van der Waals surface area contributed by atoms with Gasteiger partial charge in [0.05, 0.1) is 0 Å². The molecule has 6 heteroatoms. The maximum atomic E-state index is 12.9. The van der Waals surface area contributed by atoms with Crippen LogP contribution in [0, 0.1) is 12.7 Å². The first-order chi connectivity index (χ1) is 12.6. The van der Waals surface area contributed by atoms with Gasteiger partial charge in [0, 0.05) is 24.2 Å². The van der Waals surface area contributed by atoms with Crippen molar-refractivity contribution in [1.82, 2.24) is 9.97 Å². The van der Waals surface area contributed by atoms with E-state index in [1.165, 1.54) is 12.1 Å². The van der Waals surface area contributed by atoms with Crippen molar-refractivity contribution in [1.29, 1.82) is 0 Å². The molecule has 0 spiro atoms. The lowest BCUT2D eigenvalue weighted by Crippen LogP contribution is -2.09. The fraction of sp³-hybridized carbons (Fsp3) is 0.200. The molecule has 1 heterocycles. The predicted octanol–water partition coefficient (Wildman–Crippen LogP) is 4.84. The number of hydrogen-bond acceptors (Lipinski definition) is 4. The number of hydrogen-bond donors (Lipinski definition) is 2. The van der Waals surface area contributed by atoms with E-state index in [1.807, 2.05) is 37.3 Å². The maximum Gasteiger partial charge on any atom is 0.132 e. The maximum absolute atomic E-state index is 12.9. The Hall–Kier alpha value is -2.66. The zero-order valence-electron chi connectivity index (χ0n) is 14.5. The summed E-state index contributed by atoms with van der Waals surface area (Å²) < 4.78 is 12.9. The normalized spacial score (nSPS) is 10.6. The SMILES string of the molecule is Cc1nc(NCCc2ccc(F)cc2)cc(NCc2ccc(Cl)cc2)n1. The predicted molar refractivity (Wildman–Crippen MR) is 104 cm³/mol. The van der Waals surface area contributed by atoms with Gasteiger partial charge in [0.2, 0.25) is 0 Å². The molecular formula is C20H20ClFN4. The van der Waals surface area contributed by atoms with Crippen LogP contribution in [0.15, 0.2) is 54.6 Å². The van der Waals surface area contributed by atoms with Crippen LogP contribution in [0.1, 0.15) is 17.0 Å². The van der Waals surface area contributed by atoms with Gasteiger partial charge in [0.1, 0.15) is 23.3 Å². The minimum atomic E-state index is -0.218. The van der Waals surface area contributed by atoms with Gasteiger partial charge < -0.3 is 10.6 Å². The molecule has 2 aromatic carbocycles. The second-order valence-corrected chi connectivity index (χ2v) is 6.41. The van der Waals surface area contributed by atoms with Crippen LogP contribution in [0.2, 0.25) is 5.02 Å². The zero-order chi connectivity index (χ0) is 18.4. The number of benzene rings is 2. The second-order valence-electron chi connectivity index (χ2n) is 5.97. The van der Waals surface area contributed by atoms with Gasteiger partial charge in [0.15, 0.2) is 0 Å². The number of rotatable bonds is 7. The van der Waals surface area contributed by atoms with Gasteiger partial charge in [-0.15, -0.1) is 0 Å². The van der Waals surface area contributed by atoms with Crippen molar-refractivity contribution in [2.75, 3.05) is 17.2 Å². The smallest absolute Gasteiger partial charge is 0.132 e. The zero-order valence-corrected chi connectivity index (χ0v) is 15.2. The molecule has 0 aliphatic carbocycles. The van der Waals surface area contributed by atoms with Crippen LogP contribution in [-0.4, -0.2) is 16.5 Å². The number of anilines is 2. The molecule has 0 amide bonds. The fourth-order valence-corrected chi connectivity index (χ4v) is 2.66. The summed E-state index contributed by atoms with van der Waals surface area (Å²) in [6.45, 7) is 3.22. The highest BCUT2D eigenvalue weighted by molar-refractivity contribution is 6.30. The molecule has 0 atom stereocenters. The average molecular weight is 371 g/mol. The summed E-state index contributed by atoms with van der Waals surface area (Å²) in [7, 11) is 0. The molecule has 0 unspecified atom stereocenters. The number of nitrogens with zero attached hydrogens (tertiary/aromatic N) is 2. The number of aryl methyl sites for hydroxylation is 1. The molecule has 0 saturated carbocycles. The van der Waals surface area contributed by atoms with E-state index in [9.17, 15) is 4.39 Å². The number of halogens is 2. The van der Waals surface area contributed by atoms with Crippen molar-refractivity contribution >= 4 is 23.2 Å². The number of nitrogens with one attached hydrogen (secondary N) is 2. The van der Waals surface area contributed by atoms with Gasteiger partial charge in [0.25, 0.3) is 0 Å². The highest BCUT2D eigenvalue weighted by atomic mass is 35.5. The molecule has 3 rings (SSSR count). The van der Waals surface area contributed by atoms with Crippen LogP contribution < -0.4 is 10.6 Å². The van der Waals surface area contributed by atoms with E-state index in [1.54, 1.807) is 12.1 Å². The molecular weight excluding hydrogens is 351 g/mol. The Balaban J connectivity index is 1.56. The molecule has 0 aliphatic rings. The molecule has 0 bridgehead atoms. The summed E-state index contributed by atoms with van der Waals surface area (Å²) >= 11 is 5.90. The Morgan fingerprint density at radius 1 is 0.885 bits per heavy atom. The Morgan fingerprint density at radius 2 is 1.50 bits per heavy atom. The van der Waals surface area contributed by atoms with Gasteiger partial charge in [-0.25, -0.2) is 14.4 Å². The van der Waals surface area contributed by atoms with Gasteiger partial charge >= 0.3 is 0 Å². The van der Waals surface area contributed by atoms with E-state index in [4.69, 9.17) is 11.6 Å². The third kappa shape index (κ3) is 5.43. The van der Waals surface area contributed by atoms with Gasteiger partial charge in [-0.3, -0.25) is 0 Å². The Kier molecular flexibility index (Phi) is 6.02. The third-order valence-electron chi connectivity index (χ3n) is 3.86. The fourth-order valence-electron chi connectivity index (χ4n) is 2.53. The molecule has 1 aromatic heterocycles. The van der Waals surface area contributed by atoms with E-state index >= 15 is 0 Å². The monoisotopic (exact) mass is 370 g/mol. The molecule has 0 fully saturated rings. The summed E-state index contributed by atoms with van der Waals surface area (Å²) in [5.41, 5.74) is 2.20. The topological polar surface area (TPSA) is 49.8 Å². The summed E-state index contributed by atoms with van der Waals surface area (Å²) in [5, 5.41) is 7.31. The molecule has 4 nitrogen and oxygen atoms in total. The molecule has 3 aromatic rings. The molecule has 2 N–H and O–H groups in total. The Morgan fingerprint density at radius 3 is 2.19 bits per heavy atom. The highest BCUT2D eigenvalue weighted by Gasteiger charge is 2.03. The van der Waals surface area contributed by atoms with E-state index < -0.39 is 0 Å². The van der Waals surface area contributed by atoms with Crippen LogP contribution in [0.5, 0.6) is 0 Å². The first kappa shape index (κ1) is 18.1. The van der Waals surface area contributed by atoms with Gasteiger partial charge in [-0.1, -0.05) is 35.9 Å². The molecule has 0 saturated heterocycles. The molecule has 26 heavy (non-hydrogen) atoms. The van der Waals surface area contributed by atoms with Crippen molar-refractivity contribution in [3.05, 3.63) is 82.4 Å². The molecule has 0 radical (unpaired) electrons. The van der Waals surface area contributed by atoms with E-state index in [-0.39, 0.29) is 5.82 Å². The van der Waals surface area contributed by atoms with Crippen molar-refractivity contribution in [3.63, 3.8) is 0 Å². The van der Waals surface area contributed by atoms with Crippen LogP contribution >= 0.6 is 11.6 Å². The molecule has 0 aliphatic heterocycles. The summed E-state index contributed by atoms with van der Waals surface area (Å²) in [4.78, 5) is 8.82. The van der Waals surface area contributed by atoms with Crippen LogP contribution in [-0.2, 0) is 13.0 Å². The standard InChI is InChI=1S/C20H20ClFN4/c1-14-25-19(23-11-10-15-4-8-18(22)9-5-15)12-20(26-14)24-13-16-2-6-17(21)7-3-16/h2-9,12H,10-11,13H2,1H3,(H2,23,24,25,26). The van der Waals surface area contributed by atoms with E-state index in [0.717, 1.165) is 34.2 Å². The largest absolute Gasteiger partial charge is 0.370 e. The van der Waals surface area contributed by atoms with Gasteiger partial charge in [-0.05, 0) is 48.7 Å². The lowest BCUT2D eigenvalue weighted by atomic mass is 10.1. The van der Waals surface area contributed by atoms with Crippen LogP contribution in [0.4, 0.5) is 16.0 Å². The van der Waals surface area contributed by atoms with E-state index in [2.05, 4.69) is 20.6 Å². The summed E-state index contributed by atoms with van der Waals surface area (Å²) in [6.07, 6.45) is 0.789. The van der Waals surface area contributed by atoms with Crippen molar-refractivity contribution < 1.29 is 4.39 Å². The second kappa shape index (κ2) is 8.63.